The summed E-state index contributed by atoms with van der Waals surface area (Å²) in [5.41, 5.74) is 4.01. The molecule has 41 heavy (non-hydrogen) atoms. The van der Waals surface area contributed by atoms with Crippen LogP contribution in [0.25, 0.3) is 0 Å². The number of benzene rings is 2. The van der Waals surface area contributed by atoms with E-state index >= 15 is 0 Å². The fraction of sp³-hybridized carbons (Fsp3) is 0.444. The van der Waals surface area contributed by atoms with Gasteiger partial charge in [0.15, 0.2) is 0 Å². The lowest BCUT2D eigenvalue weighted by Crippen LogP contribution is -2.52. The van der Waals surface area contributed by atoms with Gasteiger partial charge in [-0.1, -0.05) is 25.0 Å². The highest BCUT2D eigenvalue weighted by Gasteiger charge is 2.41. The number of primary amides is 1. The quantitative estimate of drug-likeness (QED) is 0.347. The molecule has 1 saturated carbocycles. The Labute approximate surface area is 230 Å². The van der Waals surface area contributed by atoms with E-state index in [1.165, 1.54) is 23.1 Å². The van der Waals surface area contributed by atoms with Crippen LogP contribution in [0.3, 0.4) is 0 Å². The Morgan fingerprint density at radius 3 is 2.34 bits per heavy atom. The molecule has 7 nitrogen and oxygen atoms in total. The monoisotopic (exact) mass is 588 g/mol. The lowest BCUT2D eigenvalue weighted by atomic mass is 9.83. The second-order valence-corrected chi connectivity index (χ2v) is 10.3. The molecule has 0 bridgehead atoms. The average molecular weight is 589 g/mol. The number of halogens is 7. The van der Waals surface area contributed by atoms with Crippen LogP contribution >= 0.6 is 0 Å². The molecule has 1 fully saturated rings. The third kappa shape index (κ3) is 7.47. The number of amides is 3. The fourth-order valence-electron chi connectivity index (χ4n) is 4.95. The van der Waals surface area contributed by atoms with Gasteiger partial charge in [0.2, 0.25) is 17.7 Å². The number of hydrogen-bond donors (Lipinski definition) is 3. The maximum absolute atomic E-state index is 14.8. The molecule has 4 N–H and O–H groups in total. The Morgan fingerprint density at radius 2 is 1.73 bits per heavy atom. The number of carbonyl (C=O) groups is 3. The molecule has 2 aromatic carbocycles. The van der Waals surface area contributed by atoms with Crippen LogP contribution in [0.4, 0.5) is 47.8 Å². The van der Waals surface area contributed by atoms with Gasteiger partial charge in [-0.2, -0.15) is 26.3 Å². The van der Waals surface area contributed by atoms with Gasteiger partial charge in [-0.05, 0) is 49.1 Å². The molecular weight excluding hydrogens is 561 g/mol. The van der Waals surface area contributed by atoms with Crippen molar-refractivity contribution in [2.45, 2.75) is 50.5 Å². The first-order valence-electron chi connectivity index (χ1n) is 12.8. The van der Waals surface area contributed by atoms with Crippen molar-refractivity contribution in [3.8, 4) is 0 Å². The lowest BCUT2D eigenvalue weighted by molar-refractivity contribution is -0.146. The Balaban J connectivity index is 1.67. The number of nitrogens with two attached hydrogens (primary N) is 1. The molecule has 3 atom stereocenters. The summed E-state index contributed by atoms with van der Waals surface area (Å²) in [7, 11) is 0. The van der Waals surface area contributed by atoms with Crippen molar-refractivity contribution in [2.75, 3.05) is 16.8 Å². The van der Waals surface area contributed by atoms with E-state index in [9.17, 15) is 45.1 Å². The first kappa shape index (κ1) is 30.1. The number of alkyl halides is 6. The third-order valence-corrected chi connectivity index (χ3v) is 7.22. The van der Waals surface area contributed by atoms with Gasteiger partial charge >= 0.3 is 12.4 Å². The highest BCUT2D eigenvalue weighted by atomic mass is 19.4. The zero-order chi connectivity index (χ0) is 30.1. The van der Waals surface area contributed by atoms with Gasteiger partial charge in [-0.15, -0.1) is 0 Å². The molecule has 3 unspecified atom stereocenters. The number of carbonyl (C=O) groups excluding carboxylic acids is 3. The normalized spacial score (nSPS) is 19.0. The molecule has 2 aliphatic rings. The minimum atomic E-state index is -4.72. The van der Waals surface area contributed by atoms with Gasteiger partial charge in [0.25, 0.3) is 0 Å². The van der Waals surface area contributed by atoms with Crippen LogP contribution in [-0.2, 0) is 20.6 Å². The Bertz CT molecular complexity index is 1310. The van der Waals surface area contributed by atoms with Gasteiger partial charge in [-0.25, -0.2) is 4.39 Å². The zero-order valence-corrected chi connectivity index (χ0v) is 21.5. The number of fused-ring (bicyclic) bond motifs is 1. The predicted molar refractivity (Wildman–Crippen MR) is 134 cm³/mol. The maximum Gasteiger partial charge on any atom is 0.416 e. The van der Waals surface area contributed by atoms with Crippen molar-refractivity contribution in [1.82, 2.24) is 5.32 Å². The Hall–Kier alpha value is -3.84. The van der Waals surface area contributed by atoms with Gasteiger partial charge in [0.1, 0.15) is 17.5 Å². The number of rotatable bonds is 9. The van der Waals surface area contributed by atoms with E-state index in [0.29, 0.717) is 0 Å². The maximum atomic E-state index is 14.8. The summed E-state index contributed by atoms with van der Waals surface area (Å²) in [5.74, 6) is -6.57. The zero-order valence-electron chi connectivity index (χ0n) is 21.5. The largest absolute Gasteiger partial charge is 0.416 e. The smallest absolute Gasteiger partial charge is 0.369 e. The van der Waals surface area contributed by atoms with E-state index < -0.39 is 78.7 Å². The van der Waals surface area contributed by atoms with Crippen molar-refractivity contribution < 1.29 is 45.1 Å². The Kier molecular flexibility index (Phi) is 8.50. The summed E-state index contributed by atoms with van der Waals surface area (Å²) in [6.07, 6.45) is -9.93. The molecule has 1 aliphatic carbocycles. The van der Waals surface area contributed by atoms with Crippen LogP contribution in [0.15, 0.2) is 42.5 Å². The van der Waals surface area contributed by atoms with Crippen molar-refractivity contribution in [3.63, 3.8) is 0 Å². The second kappa shape index (κ2) is 11.6. The summed E-state index contributed by atoms with van der Waals surface area (Å²) in [5, 5.41) is 4.68. The highest BCUT2D eigenvalue weighted by Crippen LogP contribution is 2.41. The number of para-hydroxylation sites is 1. The number of anilines is 3. The molecular formula is C27H27F7N4O3. The standard InChI is InChI=1S/C27H27F7N4O3/c28-19-5-2-6-21-22(19)37-25(41)20(13-38(21)16-4-1-3-15(12-16)27(32,33)34)36-24(40)17(9-10-26(29,30)31)18(23(35)39)11-14-7-8-14/h1-6,12,14,17-18,20H,7-11,13H2,(H2,35,39)(H,36,40)(H,37,41). The van der Waals surface area contributed by atoms with Crippen LogP contribution in [0.1, 0.15) is 37.7 Å². The number of hydrogen-bond acceptors (Lipinski definition) is 4. The van der Waals surface area contributed by atoms with Gasteiger partial charge < -0.3 is 21.3 Å². The van der Waals surface area contributed by atoms with E-state index in [0.717, 1.165) is 37.1 Å². The fourth-order valence-corrected chi connectivity index (χ4v) is 4.95. The van der Waals surface area contributed by atoms with Gasteiger partial charge in [-0.3, -0.25) is 14.4 Å². The molecule has 0 radical (unpaired) electrons. The van der Waals surface area contributed by atoms with Gasteiger partial charge in [0.05, 0.1) is 17.8 Å². The van der Waals surface area contributed by atoms with Crippen LogP contribution in [0.5, 0.6) is 0 Å². The first-order valence-corrected chi connectivity index (χ1v) is 12.8. The molecule has 2 aromatic rings. The Morgan fingerprint density at radius 1 is 1.05 bits per heavy atom. The summed E-state index contributed by atoms with van der Waals surface area (Å²) < 4.78 is 94.4. The van der Waals surface area contributed by atoms with Crippen LogP contribution in [0.2, 0.25) is 0 Å². The van der Waals surface area contributed by atoms with Crippen molar-refractivity contribution >= 4 is 34.8 Å². The lowest BCUT2D eigenvalue weighted by Gasteiger charge is -2.29. The third-order valence-electron chi connectivity index (χ3n) is 7.22. The molecule has 4 rings (SSSR count). The predicted octanol–water partition coefficient (Wildman–Crippen LogP) is 5.28. The molecule has 1 aliphatic heterocycles. The first-order chi connectivity index (χ1) is 19.1. The van der Waals surface area contributed by atoms with Gasteiger partial charge in [0, 0.05) is 23.9 Å². The van der Waals surface area contributed by atoms with E-state index in [4.69, 9.17) is 5.73 Å². The second-order valence-electron chi connectivity index (χ2n) is 10.3. The molecule has 0 spiro atoms. The van der Waals surface area contributed by atoms with E-state index in [1.54, 1.807) is 0 Å². The molecule has 1 heterocycles. The van der Waals surface area contributed by atoms with Crippen molar-refractivity contribution in [3.05, 3.63) is 53.8 Å². The molecule has 0 aromatic heterocycles. The number of nitrogens with zero attached hydrogens (tertiary/aromatic N) is 1. The molecule has 14 heteroatoms. The van der Waals surface area contributed by atoms with Crippen molar-refractivity contribution in [2.24, 2.45) is 23.5 Å². The van der Waals surface area contributed by atoms with Crippen LogP contribution in [0, 0.1) is 23.6 Å². The molecule has 222 valence electrons. The van der Waals surface area contributed by atoms with E-state index in [2.05, 4.69) is 10.6 Å². The summed E-state index contributed by atoms with van der Waals surface area (Å²) in [6, 6.07) is 6.13. The summed E-state index contributed by atoms with van der Waals surface area (Å²) in [6.45, 7) is -0.495. The van der Waals surface area contributed by atoms with E-state index in [1.807, 2.05) is 0 Å². The summed E-state index contributed by atoms with van der Waals surface area (Å²) >= 11 is 0. The molecule has 0 saturated heterocycles. The average Bonchev–Trinajstić information content (AvgIpc) is 3.71. The number of nitrogens with one attached hydrogen (secondary N) is 2. The SMILES string of the molecule is NC(=O)C(CC1CC1)C(CCC(F)(F)F)C(=O)NC1CN(c2cccc(C(F)(F)F)c2)c2cccc(F)c2NC1=O. The van der Waals surface area contributed by atoms with Crippen molar-refractivity contribution in [1.29, 1.82) is 0 Å². The van der Waals surface area contributed by atoms with Crippen LogP contribution in [-0.4, -0.2) is 36.5 Å². The van der Waals surface area contributed by atoms with E-state index in [-0.39, 0.29) is 29.4 Å². The minimum absolute atomic E-state index is 0.00760. The summed E-state index contributed by atoms with van der Waals surface area (Å²) in [4.78, 5) is 39.9. The molecule has 3 amide bonds. The topological polar surface area (TPSA) is 105 Å². The minimum Gasteiger partial charge on any atom is -0.369 e. The highest BCUT2D eigenvalue weighted by molar-refractivity contribution is 6.03. The van der Waals surface area contributed by atoms with Crippen LogP contribution < -0.4 is 21.3 Å².